The number of rotatable bonds is 7. The van der Waals surface area contributed by atoms with Gasteiger partial charge in [0.15, 0.2) is 0 Å². The standard InChI is InChI=1S/C11H19NO2S/c1-9(4-2-6-13)12-8-10(14)11-5-3-7-15-11/h3,5,7,9-10,12-14H,2,4,6,8H2,1H3. The maximum atomic E-state index is 9.78. The van der Waals surface area contributed by atoms with Crippen molar-refractivity contribution in [2.24, 2.45) is 0 Å². The molecule has 0 aromatic carbocycles. The molecular weight excluding hydrogens is 210 g/mol. The van der Waals surface area contributed by atoms with Crippen LogP contribution < -0.4 is 5.32 Å². The summed E-state index contributed by atoms with van der Waals surface area (Å²) < 4.78 is 0. The first-order valence-electron chi connectivity index (χ1n) is 5.29. The summed E-state index contributed by atoms with van der Waals surface area (Å²) in [6.45, 7) is 2.88. The normalized spacial score (nSPS) is 15.1. The quantitative estimate of drug-likeness (QED) is 0.664. The number of nitrogens with one attached hydrogen (secondary N) is 1. The van der Waals surface area contributed by atoms with Crippen molar-refractivity contribution >= 4 is 11.3 Å². The molecule has 2 unspecified atom stereocenters. The van der Waals surface area contributed by atoms with Crippen LogP contribution in [-0.4, -0.2) is 29.4 Å². The largest absolute Gasteiger partial charge is 0.396 e. The lowest BCUT2D eigenvalue weighted by Crippen LogP contribution is -2.30. The summed E-state index contributed by atoms with van der Waals surface area (Å²) in [5.74, 6) is 0. The van der Waals surface area contributed by atoms with E-state index in [1.54, 1.807) is 11.3 Å². The zero-order chi connectivity index (χ0) is 11.1. The number of thiophene rings is 1. The van der Waals surface area contributed by atoms with Crippen molar-refractivity contribution in [1.29, 1.82) is 0 Å². The lowest BCUT2D eigenvalue weighted by atomic mass is 10.2. The van der Waals surface area contributed by atoms with Crippen LogP contribution >= 0.6 is 11.3 Å². The van der Waals surface area contributed by atoms with E-state index in [1.165, 1.54) is 0 Å². The highest BCUT2D eigenvalue weighted by Gasteiger charge is 2.09. The van der Waals surface area contributed by atoms with Gasteiger partial charge < -0.3 is 15.5 Å². The van der Waals surface area contributed by atoms with E-state index in [0.29, 0.717) is 12.6 Å². The summed E-state index contributed by atoms with van der Waals surface area (Å²) in [6, 6.07) is 4.22. The molecule has 0 aliphatic heterocycles. The van der Waals surface area contributed by atoms with Crippen molar-refractivity contribution in [2.45, 2.75) is 31.9 Å². The minimum atomic E-state index is -0.415. The van der Waals surface area contributed by atoms with Gasteiger partial charge >= 0.3 is 0 Å². The number of aliphatic hydroxyl groups excluding tert-OH is 2. The molecule has 3 N–H and O–H groups in total. The van der Waals surface area contributed by atoms with Gasteiger partial charge in [0.1, 0.15) is 6.10 Å². The molecule has 0 saturated carbocycles. The molecule has 0 saturated heterocycles. The first-order chi connectivity index (χ1) is 7.24. The first-order valence-corrected chi connectivity index (χ1v) is 6.17. The van der Waals surface area contributed by atoms with E-state index >= 15 is 0 Å². The molecule has 4 heteroatoms. The molecule has 1 rings (SSSR count). The van der Waals surface area contributed by atoms with Crippen molar-refractivity contribution in [1.82, 2.24) is 5.32 Å². The summed E-state index contributed by atoms with van der Waals surface area (Å²) in [4.78, 5) is 0.997. The van der Waals surface area contributed by atoms with E-state index in [-0.39, 0.29) is 6.61 Å². The third-order valence-electron chi connectivity index (χ3n) is 2.33. The van der Waals surface area contributed by atoms with Gasteiger partial charge in [0, 0.05) is 24.1 Å². The second-order valence-electron chi connectivity index (χ2n) is 3.71. The smallest absolute Gasteiger partial charge is 0.101 e. The molecule has 0 fully saturated rings. The predicted octanol–water partition coefficient (Wildman–Crippen LogP) is 1.53. The van der Waals surface area contributed by atoms with Crippen LogP contribution in [0.15, 0.2) is 17.5 Å². The highest BCUT2D eigenvalue weighted by atomic mass is 32.1. The molecule has 0 aliphatic rings. The van der Waals surface area contributed by atoms with E-state index in [0.717, 1.165) is 17.7 Å². The average Bonchev–Trinajstić information content (AvgIpc) is 2.76. The summed E-state index contributed by atoms with van der Waals surface area (Å²) in [5, 5.41) is 23.7. The minimum Gasteiger partial charge on any atom is -0.396 e. The number of aliphatic hydroxyl groups is 2. The Morgan fingerprint density at radius 1 is 1.53 bits per heavy atom. The molecule has 0 bridgehead atoms. The molecule has 86 valence electrons. The van der Waals surface area contributed by atoms with E-state index in [1.807, 2.05) is 17.5 Å². The van der Waals surface area contributed by atoms with Crippen molar-refractivity contribution in [2.75, 3.05) is 13.2 Å². The van der Waals surface area contributed by atoms with Crippen LogP contribution in [0.25, 0.3) is 0 Å². The van der Waals surface area contributed by atoms with Crippen molar-refractivity contribution in [3.8, 4) is 0 Å². The lowest BCUT2D eigenvalue weighted by Gasteiger charge is -2.15. The molecule has 0 spiro atoms. The number of hydrogen-bond donors (Lipinski definition) is 3. The molecule has 3 nitrogen and oxygen atoms in total. The van der Waals surface area contributed by atoms with Crippen molar-refractivity contribution < 1.29 is 10.2 Å². The van der Waals surface area contributed by atoms with Gasteiger partial charge in [-0.3, -0.25) is 0 Å². The SMILES string of the molecule is CC(CCCO)NCC(O)c1cccs1. The molecule has 1 aromatic heterocycles. The summed E-state index contributed by atoms with van der Waals surface area (Å²) in [7, 11) is 0. The molecule has 1 aromatic rings. The van der Waals surface area contributed by atoms with Gasteiger partial charge in [-0.1, -0.05) is 6.07 Å². The Kier molecular flexibility index (Phi) is 5.86. The van der Waals surface area contributed by atoms with Gasteiger partial charge in [0.05, 0.1) is 0 Å². The molecule has 0 amide bonds. The Hall–Kier alpha value is -0.420. The van der Waals surface area contributed by atoms with Crippen LogP contribution in [-0.2, 0) is 0 Å². The maximum absolute atomic E-state index is 9.78. The third kappa shape index (κ3) is 4.75. The second kappa shape index (κ2) is 6.95. The first kappa shape index (κ1) is 12.6. The third-order valence-corrected chi connectivity index (χ3v) is 3.30. The molecule has 0 aliphatic carbocycles. The maximum Gasteiger partial charge on any atom is 0.101 e. The highest BCUT2D eigenvalue weighted by Crippen LogP contribution is 2.17. The Morgan fingerprint density at radius 3 is 2.93 bits per heavy atom. The van der Waals surface area contributed by atoms with E-state index < -0.39 is 6.10 Å². The van der Waals surface area contributed by atoms with Crippen LogP contribution in [0.5, 0.6) is 0 Å². The zero-order valence-corrected chi connectivity index (χ0v) is 9.83. The molecule has 15 heavy (non-hydrogen) atoms. The molecule has 1 heterocycles. The van der Waals surface area contributed by atoms with Crippen LogP contribution in [0, 0.1) is 0 Å². The summed E-state index contributed by atoms with van der Waals surface area (Å²) >= 11 is 1.57. The lowest BCUT2D eigenvalue weighted by molar-refractivity contribution is 0.172. The fourth-order valence-corrected chi connectivity index (χ4v) is 2.11. The van der Waals surface area contributed by atoms with Crippen molar-refractivity contribution in [3.63, 3.8) is 0 Å². The average molecular weight is 229 g/mol. The van der Waals surface area contributed by atoms with Crippen LogP contribution in [0.4, 0.5) is 0 Å². The fourth-order valence-electron chi connectivity index (χ4n) is 1.39. The summed E-state index contributed by atoms with van der Waals surface area (Å²) in [6.07, 6.45) is 1.33. The van der Waals surface area contributed by atoms with E-state index in [2.05, 4.69) is 12.2 Å². The molecular formula is C11H19NO2S. The van der Waals surface area contributed by atoms with Gasteiger partial charge in [0.2, 0.25) is 0 Å². The number of hydrogen-bond acceptors (Lipinski definition) is 4. The van der Waals surface area contributed by atoms with Crippen LogP contribution in [0.1, 0.15) is 30.7 Å². The monoisotopic (exact) mass is 229 g/mol. The van der Waals surface area contributed by atoms with E-state index in [4.69, 9.17) is 5.11 Å². The van der Waals surface area contributed by atoms with Crippen LogP contribution in [0.3, 0.4) is 0 Å². The van der Waals surface area contributed by atoms with E-state index in [9.17, 15) is 5.11 Å². The van der Waals surface area contributed by atoms with Gasteiger partial charge in [-0.05, 0) is 31.2 Å². The minimum absolute atomic E-state index is 0.236. The fraction of sp³-hybridized carbons (Fsp3) is 0.636. The van der Waals surface area contributed by atoms with Gasteiger partial charge in [-0.2, -0.15) is 0 Å². The zero-order valence-electron chi connectivity index (χ0n) is 9.02. The Bertz CT molecular complexity index is 251. The van der Waals surface area contributed by atoms with Gasteiger partial charge in [0.25, 0.3) is 0 Å². The summed E-state index contributed by atoms with van der Waals surface area (Å²) in [5.41, 5.74) is 0. The molecule has 2 atom stereocenters. The Balaban J connectivity index is 2.19. The van der Waals surface area contributed by atoms with Crippen LogP contribution in [0.2, 0.25) is 0 Å². The topological polar surface area (TPSA) is 52.5 Å². The Morgan fingerprint density at radius 2 is 2.33 bits per heavy atom. The molecule has 0 radical (unpaired) electrons. The highest BCUT2D eigenvalue weighted by molar-refractivity contribution is 7.10. The van der Waals surface area contributed by atoms with Crippen molar-refractivity contribution in [3.05, 3.63) is 22.4 Å². The van der Waals surface area contributed by atoms with Gasteiger partial charge in [-0.15, -0.1) is 11.3 Å². The van der Waals surface area contributed by atoms with Gasteiger partial charge in [-0.25, -0.2) is 0 Å². The second-order valence-corrected chi connectivity index (χ2v) is 4.69. The predicted molar refractivity (Wildman–Crippen MR) is 63.1 cm³/mol. The Labute approximate surface area is 94.8 Å².